The first-order valence-electron chi connectivity index (χ1n) is 5.24. The van der Waals surface area contributed by atoms with E-state index in [-0.39, 0.29) is 4.88 Å². The third kappa shape index (κ3) is 2.11. The number of hydrogen-bond donors (Lipinski definition) is 1. The molecule has 1 N–H and O–H groups in total. The van der Waals surface area contributed by atoms with Crippen LogP contribution in [0.2, 0.25) is 0 Å². The van der Waals surface area contributed by atoms with E-state index in [9.17, 15) is 4.79 Å². The summed E-state index contributed by atoms with van der Waals surface area (Å²) >= 11 is 1.13. The highest BCUT2D eigenvalue weighted by molar-refractivity contribution is 7.17. The summed E-state index contributed by atoms with van der Waals surface area (Å²) < 4.78 is 0. The predicted octanol–water partition coefficient (Wildman–Crippen LogP) is 3.00. The number of aromatic carboxylic acids is 1. The third-order valence-corrected chi connectivity index (χ3v) is 3.79. The van der Waals surface area contributed by atoms with Crippen molar-refractivity contribution in [2.45, 2.75) is 13.8 Å². The van der Waals surface area contributed by atoms with Crippen molar-refractivity contribution < 1.29 is 9.90 Å². The third-order valence-electron chi connectivity index (χ3n) is 2.60. The van der Waals surface area contributed by atoms with Crippen LogP contribution < -0.4 is 0 Å². The second-order valence-electron chi connectivity index (χ2n) is 3.88. The van der Waals surface area contributed by atoms with Crippen LogP contribution in [0, 0.1) is 25.2 Å². The fourth-order valence-electron chi connectivity index (χ4n) is 1.59. The summed E-state index contributed by atoms with van der Waals surface area (Å²) in [4.78, 5) is 15.4. The first-order chi connectivity index (χ1) is 8.52. The van der Waals surface area contributed by atoms with Crippen LogP contribution in [0.1, 0.15) is 26.5 Å². The lowest BCUT2D eigenvalue weighted by Crippen LogP contribution is -1.94. The lowest BCUT2D eigenvalue weighted by molar-refractivity contribution is 0.0701. The number of hydrogen-bond acceptors (Lipinski definition) is 4. The fourth-order valence-corrected chi connectivity index (χ4v) is 2.50. The first-order valence-corrected chi connectivity index (χ1v) is 6.06. The molecule has 0 atom stereocenters. The van der Waals surface area contributed by atoms with Gasteiger partial charge in [-0.2, -0.15) is 5.26 Å². The van der Waals surface area contributed by atoms with Gasteiger partial charge in [0.15, 0.2) is 0 Å². The maximum atomic E-state index is 11.0. The van der Waals surface area contributed by atoms with Crippen LogP contribution in [-0.2, 0) is 0 Å². The van der Waals surface area contributed by atoms with Crippen LogP contribution in [-0.4, -0.2) is 16.1 Å². The number of carboxylic acids is 1. The molecule has 0 unspecified atom stereocenters. The molecule has 0 bridgehead atoms. The molecule has 0 spiro atoms. The van der Waals surface area contributed by atoms with Crippen molar-refractivity contribution in [3.8, 4) is 16.6 Å². The smallest absolute Gasteiger partial charge is 0.347 e. The molecule has 90 valence electrons. The van der Waals surface area contributed by atoms with E-state index in [4.69, 9.17) is 10.4 Å². The quantitative estimate of drug-likeness (QED) is 0.898. The molecule has 1 heterocycles. The Bertz CT molecular complexity index is 668. The first kappa shape index (κ1) is 12.3. The Morgan fingerprint density at radius 2 is 2.17 bits per heavy atom. The summed E-state index contributed by atoms with van der Waals surface area (Å²) in [6, 6.07) is 7.53. The minimum atomic E-state index is -0.969. The summed E-state index contributed by atoms with van der Waals surface area (Å²) in [6.45, 7) is 3.53. The number of thiazole rings is 1. The number of nitrogens with zero attached hydrogens (tertiary/aromatic N) is 2. The molecule has 1 aromatic heterocycles. The predicted molar refractivity (Wildman–Crippen MR) is 68.7 cm³/mol. The molecule has 0 saturated heterocycles. The van der Waals surface area contributed by atoms with E-state index in [1.54, 1.807) is 13.0 Å². The molecule has 0 radical (unpaired) electrons. The number of carboxylic acid groups (broad SMARTS) is 1. The SMILES string of the molecule is Cc1ccc(-c2nc(C)c(C(=O)O)s2)cc1C#N. The van der Waals surface area contributed by atoms with Gasteiger partial charge in [0.25, 0.3) is 0 Å². The van der Waals surface area contributed by atoms with Crippen LogP contribution in [0.5, 0.6) is 0 Å². The molecular weight excluding hydrogens is 248 g/mol. The van der Waals surface area contributed by atoms with Crippen LogP contribution in [0.4, 0.5) is 0 Å². The molecule has 2 rings (SSSR count). The standard InChI is InChI=1S/C13H10N2O2S/c1-7-3-4-9(5-10(7)6-14)12-15-8(2)11(18-12)13(16)17/h3-5H,1-2H3,(H,16,17). The molecule has 4 nitrogen and oxygen atoms in total. The van der Waals surface area contributed by atoms with E-state index in [0.717, 1.165) is 22.5 Å². The fraction of sp³-hybridized carbons (Fsp3) is 0.154. The van der Waals surface area contributed by atoms with Gasteiger partial charge < -0.3 is 5.11 Å². The Morgan fingerprint density at radius 3 is 2.72 bits per heavy atom. The van der Waals surface area contributed by atoms with E-state index in [1.165, 1.54) is 0 Å². The average Bonchev–Trinajstić information content (AvgIpc) is 2.72. The Labute approximate surface area is 108 Å². The van der Waals surface area contributed by atoms with Gasteiger partial charge in [-0.1, -0.05) is 12.1 Å². The Morgan fingerprint density at radius 1 is 1.44 bits per heavy atom. The zero-order valence-corrected chi connectivity index (χ0v) is 10.7. The van der Waals surface area contributed by atoms with Crippen LogP contribution in [0.3, 0.4) is 0 Å². The molecular formula is C13H10N2O2S. The Kier molecular flexibility index (Phi) is 3.13. The number of aryl methyl sites for hydroxylation is 2. The molecule has 5 heteroatoms. The van der Waals surface area contributed by atoms with Crippen molar-refractivity contribution in [1.82, 2.24) is 4.98 Å². The summed E-state index contributed by atoms with van der Waals surface area (Å²) in [5.41, 5.74) is 2.75. The zero-order valence-electron chi connectivity index (χ0n) is 9.89. The highest BCUT2D eigenvalue weighted by Gasteiger charge is 2.15. The summed E-state index contributed by atoms with van der Waals surface area (Å²) in [5.74, 6) is -0.969. The molecule has 1 aromatic carbocycles. The average molecular weight is 258 g/mol. The minimum Gasteiger partial charge on any atom is -0.477 e. The monoisotopic (exact) mass is 258 g/mol. The normalized spacial score (nSPS) is 10.1. The van der Waals surface area contributed by atoms with Crippen molar-refractivity contribution in [2.24, 2.45) is 0 Å². The van der Waals surface area contributed by atoms with E-state index < -0.39 is 5.97 Å². The van der Waals surface area contributed by atoms with E-state index in [0.29, 0.717) is 16.3 Å². The number of nitriles is 1. The lowest BCUT2D eigenvalue weighted by atomic mass is 10.1. The van der Waals surface area contributed by atoms with Crippen LogP contribution in [0.25, 0.3) is 10.6 Å². The molecule has 2 aromatic rings. The second kappa shape index (κ2) is 4.59. The Hall–Kier alpha value is -2.19. The molecule has 0 aliphatic heterocycles. The number of benzene rings is 1. The van der Waals surface area contributed by atoms with Gasteiger partial charge in [-0.05, 0) is 25.5 Å². The number of aromatic nitrogens is 1. The van der Waals surface area contributed by atoms with Crippen molar-refractivity contribution in [1.29, 1.82) is 5.26 Å². The highest BCUT2D eigenvalue weighted by atomic mass is 32.1. The van der Waals surface area contributed by atoms with Gasteiger partial charge in [0.2, 0.25) is 0 Å². The summed E-state index contributed by atoms with van der Waals surface area (Å²) in [6.07, 6.45) is 0. The maximum Gasteiger partial charge on any atom is 0.347 e. The number of rotatable bonds is 2. The molecule has 0 aliphatic carbocycles. The molecule has 0 amide bonds. The van der Waals surface area contributed by atoms with Crippen molar-refractivity contribution in [3.63, 3.8) is 0 Å². The molecule has 0 saturated carbocycles. The van der Waals surface area contributed by atoms with Gasteiger partial charge >= 0.3 is 5.97 Å². The summed E-state index contributed by atoms with van der Waals surface area (Å²) in [7, 11) is 0. The molecule has 18 heavy (non-hydrogen) atoms. The van der Waals surface area contributed by atoms with E-state index in [1.807, 2.05) is 19.1 Å². The van der Waals surface area contributed by atoms with Gasteiger partial charge in [-0.15, -0.1) is 11.3 Å². The minimum absolute atomic E-state index is 0.240. The summed E-state index contributed by atoms with van der Waals surface area (Å²) in [5, 5.41) is 18.6. The van der Waals surface area contributed by atoms with Crippen LogP contribution >= 0.6 is 11.3 Å². The van der Waals surface area contributed by atoms with E-state index >= 15 is 0 Å². The van der Waals surface area contributed by atoms with Crippen molar-refractivity contribution >= 4 is 17.3 Å². The van der Waals surface area contributed by atoms with Gasteiger partial charge in [-0.25, -0.2) is 9.78 Å². The second-order valence-corrected chi connectivity index (χ2v) is 4.88. The molecule has 0 aliphatic rings. The highest BCUT2D eigenvalue weighted by Crippen LogP contribution is 2.29. The van der Waals surface area contributed by atoms with Gasteiger partial charge in [0.05, 0.1) is 17.3 Å². The van der Waals surface area contributed by atoms with Gasteiger partial charge in [0.1, 0.15) is 9.88 Å². The van der Waals surface area contributed by atoms with Crippen LogP contribution in [0.15, 0.2) is 18.2 Å². The van der Waals surface area contributed by atoms with Gasteiger partial charge in [0, 0.05) is 5.56 Å². The van der Waals surface area contributed by atoms with Crippen molar-refractivity contribution in [3.05, 3.63) is 39.9 Å². The molecule has 0 fully saturated rings. The maximum absolute atomic E-state index is 11.0. The number of carbonyl (C=O) groups is 1. The largest absolute Gasteiger partial charge is 0.477 e. The zero-order chi connectivity index (χ0) is 13.3. The Balaban J connectivity index is 2.53. The topological polar surface area (TPSA) is 74.0 Å². The van der Waals surface area contributed by atoms with E-state index in [2.05, 4.69) is 11.1 Å². The van der Waals surface area contributed by atoms with Gasteiger partial charge in [-0.3, -0.25) is 0 Å². The van der Waals surface area contributed by atoms with Crippen molar-refractivity contribution in [2.75, 3.05) is 0 Å². The lowest BCUT2D eigenvalue weighted by Gasteiger charge is -1.99.